The smallest absolute Gasteiger partial charge is 0.340 e. The molecule has 2 aromatic rings. The number of aromatic amines is 2. The molecule has 3 heterocycles. The normalized spacial score (nSPS) is 17.3. The zero-order valence-electron chi connectivity index (χ0n) is 14.2. The van der Waals surface area contributed by atoms with Gasteiger partial charge in [-0.3, -0.25) is 14.8 Å². The van der Waals surface area contributed by atoms with Crippen LogP contribution >= 0.6 is 0 Å². The monoisotopic (exact) mass is 373 g/mol. The van der Waals surface area contributed by atoms with Gasteiger partial charge in [-0.25, -0.2) is 9.59 Å². The highest BCUT2D eigenvalue weighted by atomic mass is 16.7. The first-order valence-corrected chi connectivity index (χ1v) is 8.10. The highest BCUT2D eigenvalue weighted by Gasteiger charge is 2.38. The number of hydrogen-bond donors (Lipinski definition) is 3. The fourth-order valence-electron chi connectivity index (χ4n) is 3.12. The lowest BCUT2D eigenvalue weighted by Gasteiger charge is -2.27. The van der Waals surface area contributed by atoms with Gasteiger partial charge >= 0.3 is 11.7 Å². The minimum absolute atomic E-state index is 0.0331. The van der Waals surface area contributed by atoms with E-state index in [1.807, 2.05) is 0 Å². The van der Waals surface area contributed by atoms with Gasteiger partial charge in [-0.05, 0) is 24.6 Å². The standard InChI is InChI=1S/C17H15N3O7/c1-2-24-16(22)11-10(7-3-4-8-9(5-7)26-6-25-8)12-14(21)19-17(23)20-15(12)27-13(11)18/h3-5,10H,2,6,18H2,1H3,(H2,19,20,21,23). The molecule has 1 aromatic heterocycles. The second-order valence-corrected chi connectivity index (χ2v) is 5.80. The third kappa shape index (κ3) is 2.71. The highest BCUT2D eigenvalue weighted by molar-refractivity contribution is 5.92. The summed E-state index contributed by atoms with van der Waals surface area (Å²) in [6, 6.07) is 4.97. The maximum Gasteiger partial charge on any atom is 0.340 e. The molecule has 1 aromatic carbocycles. The zero-order valence-corrected chi connectivity index (χ0v) is 14.2. The van der Waals surface area contributed by atoms with Crippen LogP contribution in [0.4, 0.5) is 0 Å². The Morgan fingerprint density at radius 1 is 1.26 bits per heavy atom. The number of hydrogen-bond acceptors (Lipinski definition) is 8. The summed E-state index contributed by atoms with van der Waals surface area (Å²) in [7, 11) is 0. The Labute approximate surface area is 151 Å². The molecule has 27 heavy (non-hydrogen) atoms. The van der Waals surface area contributed by atoms with E-state index in [0.717, 1.165) is 0 Å². The Morgan fingerprint density at radius 3 is 2.81 bits per heavy atom. The SMILES string of the molecule is CCOC(=O)C1=C(N)Oc2[nH]c(=O)[nH]c(=O)c2C1c1ccc2c(c1)OCO2. The van der Waals surface area contributed by atoms with Crippen LogP contribution in [0.3, 0.4) is 0 Å². The van der Waals surface area contributed by atoms with E-state index >= 15 is 0 Å². The van der Waals surface area contributed by atoms with Gasteiger partial charge in [-0.2, -0.15) is 0 Å². The molecular weight excluding hydrogens is 358 g/mol. The summed E-state index contributed by atoms with van der Waals surface area (Å²) in [5.41, 5.74) is 4.99. The molecule has 10 heteroatoms. The third-order valence-corrected chi connectivity index (χ3v) is 4.22. The van der Waals surface area contributed by atoms with Gasteiger partial charge in [0, 0.05) is 0 Å². The summed E-state index contributed by atoms with van der Waals surface area (Å²) in [5, 5.41) is 0. The second kappa shape index (κ2) is 6.24. The number of fused-ring (bicyclic) bond motifs is 2. The van der Waals surface area contributed by atoms with Gasteiger partial charge in [0.1, 0.15) is 5.57 Å². The van der Waals surface area contributed by atoms with Crippen molar-refractivity contribution in [3.8, 4) is 17.4 Å². The first-order valence-electron chi connectivity index (χ1n) is 8.10. The summed E-state index contributed by atoms with van der Waals surface area (Å²) >= 11 is 0. The number of aromatic nitrogens is 2. The number of esters is 1. The van der Waals surface area contributed by atoms with E-state index in [-0.39, 0.29) is 36.3 Å². The number of ether oxygens (including phenoxy) is 4. The Kier molecular flexibility index (Phi) is 3.87. The summed E-state index contributed by atoms with van der Waals surface area (Å²) in [6.07, 6.45) is 0. The lowest BCUT2D eigenvalue weighted by molar-refractivity contribution is -0.139. The predicted molar refractivity (Wildman–Crippen MR) is 90.6 cm³/mol. The van der Waals surface area contributed by atoms with E-state index in [1.54, 1.807) is 25.1 Å². The molecule has 0 aliphatic carbocycles. The number of nitrogens with two attached hydrogens (primary N) is 1. The highest BCUT2D eigenvalue weighted by Crippen LogP contribution is 2.42. The molecule has 0 radical (unpaired) electrons. The molecule has 140 valence electrons. The maximum absolute atomic E-state index is 12.5. The fraction of sp³-hybridized carbons (Fsp3) is 0.235. The summed E-state index contributed by atoms with van der Waals surface area (Å²) in [4.78, 5) is 41.2. The van der Waals surface area contributed by atoms with Crippen molar-refractivity contribution in [3.63, 3.8) is 0 Å². The van der Waals surface area contributed by atoms with Crippen molar-refractivity contribution in [1.82, 2.24) is 9.97 Å². The number of carbonyl (C=O) groups is 1. The van der Waals surface area contributed by atoms with Crippen LogP contribution in [0.15, 0.2) is 39.2 Å². The van der Waals surface area contributed by atoms with Crippen LogP contribution in [0.5, 0.6) is 17.4 Å². The van der Waals surface area contributed by atoms with Gasteiger partial charge < -0.3 is 24.7 Å². The van der Waals surface area contributed by atoms with Gasteiger partial charge in [0.15, 0.2) is 11.5 Å². The van der Waals surface area contributed by atoms with Gasteiger partial charge in [0.25, 0.3) is 5.56 Å². The Hall–Kier alpha value is -3.69. The van der Waals surface area contributed by atoms with E-state index < -0.39 is 23.1 Å². The average molecular weight is 373 g/mol. The molecule has 2 aliphatic rings. The van der Waals surface area contributed by atoms with E-state index in [4.69, 9.17) is 24.7 Å². The van der Waals surface area contributed by atoms with Crippen LogP contribution in [-0.2, 0) is 9.53 Å². The van der Waals surface area contributed by atoms with E-state index in [9.17, 15) is 14.4 Å². The van der Waals surface area contributed by atoms with Crippen molar-refractivity contribution in [2.45, 2.75) is 12.8 Å². The first kappa shape index (κ1) is 16.8. The van der Waals surface area contributed by atoms with E-state index in [1.165, 1.54) is 0 Å². The Morgan fingerprint density at radius 2 is 2.04 bits per heavy atom. The van der Waals surface area contributed by atoms with Crippen molar-refractivity contribution in [2.24, 2.45) is 5.73 Å². The molecule has 4 N–H and O–H groups in total. The first-order chi connectivity index (χ1) is 13.0. The molecule has 0 bridgehead atoms. The molecule has 4 rings (SSSR count). The quantitative estimate of drug-likeness (QED) is 0.640. The van der Waals surface area contributed by atoms with Gasteiger partial charge in [-0.1, -0.05) is 6.07 Å². The lowest BCUT2D eigenvalue weighted by atomic mass is 9.84. The number of benzene rings is 1. The van der Waals surface area contributed by atoms with Crippen LogP contribution in [0.25, 0.3) is 0 Å². The van der Waals surface area contributed by atoms with Crippen LogP contribution in [0.1, 0.15) is 24.0 Å². The minimum Gasteiger partial charge on any atom is -0.462 e. The van der Waals surface area contributed by atoms with Crippen molar-refractivity contribution in [1.29, 1.82) is 0 Å². The van der Waals surface area contributed by atoms with Crippen molar-refractivity contribution in [2.75, 3.05) is 13.4 Å². The Balaban J connectivity index is 1.95. The molecule has 2 aliphatic heterocycles. The molecule has 0 saturated carbocycles. The number of rotatable bonds is 3. The molecular formula is C17H15N3O7. The van der Waals surface area contributed by atoms with E-state index in [2.05, 4.69) is 9.97 Å². The molecule has 1 unspecified atom stereocenters. The molecule has 0 fully saturated rings. The summed E-state index contributed by atoms with van der Waals surface area (Å²) < 4.78 is 21.1. The molecule has 10 nitrogen and oxygen atoms in total. The molecule has 0 amide bonds. The van der Waals surface area contributed by atoms with Crippen LogP contribution in [0, 0.1) is 0 Å². The molecule has 0 spiro atoms. The predicted octanol–water partition coefficient (Wildman–Crippen LogP) is 0.0496. The number of carbonyl (C=O) groups excluding carboxylic acids is 1. The fourth-order valence-corrected chi connectivity index (χ4v) is 3.12. The number of nitrogens with one attached hydrogen (secondary N) is 2. The van der Waals surface area contributed by atoms with Crippen LogP contribution in [-0.4, -0.2) is 29.3 Å². The second-order valence-electron chi connectivity index (χ2n) is 5.80. The van der Waals surface area contributed by atoms with Gasteiger partial charge in [0.05, 0.1) is 18.1 Å². The van der Waals surface area contributed by atoms with Crippen molar-refractivity contribution < 1.29 is 23.7 Å². The maximum atomic E-state index is 12.5. The van der Waals surface area contributed by atoms with Crippen LogP contribution in [0.2, 0.25) is 0 Å². The van der Waals surface area contributed by atoms with Crippen molar-refractivity contribution >= 4 is 5.97 Å². The number of H-pyrrole nitrogens is 2. The van der Waals surface area contributed by atoms with Crippen molar-refractivity contribution in [3.05, 3.63) is 61.6 Å². The molecule has 1 atom stereocenters. The minimum atomic E-state index is -0.928. The summed E-state index contributed by atoms with van der Waals surface area (Å²) in [5.74, 6) is -1.04. The van der Waals surface area contributed by atoms with Gasteiger partial charge in [0.2, 0.25) is 18.6 Å². The molecule has 0 saturated heterocycles. The average Bonchev–Trinajstić information content (AvgIpc) is 3.07. The van der Waals surface area contributed by atoms with Gasteiger partial charge in [-0.15, -0.1) is 0 Å². The topological polar surface area (TPSA) is 146 Å². The third-order valence-electron chi connectivity index (χ3n) is 4.22. The lowest BCUT2D eigenvalue weighted by Crippen LogP contribution is -2.35. The van der Waals surface area contributed by atoms with Crippen LogP contribution < -0.4 is 31.2 Å². The van der Waals surface area contributed by atoms with E-state index in [0.29, 0.717) is 17.1 Å². The largest absolute Gasteiger partial charge is 0.462 e. The zero-order chi connectivity index (χ0) is 19.1. The Bertz CT molecular complexity index is 1080. The summed E-state index contributed by atoms with van der Waals surface area (Å²) in [6.45, 7) is 1.82.